The third kappa shape index (κ3) is 4.32. The van der Waals surface area contributed by atoms with Crippen molar-refractivity contribution in [3.63, 3.8) is 0 Å². The number of ether oxygens (including phenoxy) is 1. The van der Waals surface area contributed by atoms with E-state index in [1.54, 1.807) is 12.1 Å². The lowest BCUT2D eigenvalue weighted by Crippen LogP contribution is -2.06. The molecule has 5 aromatic rings. The van der Waals surface area contributed by atoms with Gasteiger partial charge in [-0.25, -0.2) is 9.97 Å². The Morgan fingerprint density at radius 3 is 2.24 bits per heavy atom. The fourth-order valence-corrected chi connectivity index (χ4v) is 3.51. The van der Waals surface area contributed by atoms with Gasteiger partial charge in [0.1, 0.15) is 18.1 Å². The number of rotatable bonds is 7. The Kier molecular flexibility index (Phi) is 5.55. The van der Waals surface area contributed by atoms with E-state index in [2.05, 4.69) is 4.98 Å². The predicted octanol–water partition coefficient (Wildman–Crippen LogP) is 6.30. The Balaban J connectivity index is 1.59. The molecule has 6 heteroatoms. The normalized spacial score (nSPS) is 10.8. The number of hydrogen-bond acceptors (Lipinski definition) is 6. The SMILES string of the molecule is CC(=O)COc1cccc(-c2ocnc2-c2nc(-c3ccccc3)c(-c3ccccc3)o2)c1. The highest BCUT2D eigenvalue weighted by atomic mass is 16.5. The van der Waals surface area contributed by atoms with Crippen LogP contribution < -0.4 is 4.74 Å². The predicted molar refractivity (Wildman–Crippen MR) is 124 cm³/mol. The Hall–Kier alpha value is -4.45. The number of Topliss-reactive ketones (excluding diaryl/α,β-unsaturated/α-hetero) is 1. The van der Waals surface area contributed by atoms with E-state index in [1.165, 1.54) is 13.3 Å². The molecule has 0 atom stereocenters. The van der Waals surface area contributed by atoms with E-state index in [4.69, 9.17) is 18.6 Å². The minimum absolute atomic E-state index is 0.00727. The number of aromatic nitrogens is 2. The van der Waals surface area contributed by atoms with Crippen molar-refractivity contribution >= 4 is 5.78 Å². The number of carbonyl (C=O) groups is 1. The summed E-state index contributed by atoms with van der Waals surface area (Å²) in [6.07, 6.45) is 1.36. The van der Waals surface area contributed by atoms with Crippen LogP contribution in [0.2, 0.25) is 0 Å². The van der Waals surface area contributed by atoms with Crippen molar-refractivity contribution in [2.75, 3.05) is 6.61 Å². The molecule has 3 aromatic carbocycles. The number of ketones is 1. The molecule has 2 heterocycles. The number of carbonyl (C=O) groups excluding carboxylic acids is 1. The van der Waals surface area contributed by atoms with Gasteiger partial charge in [-0.05, 0) is 19.1 Å². The molecule has 162 valence electrons. The van der Waals surface area contributed by atoms with E-state index < -0.39 is 0 Å². The highest BCUT2D eigenvalue weighted by Gasteiger charge is 2.23. The summed E-state index contributed by atoms with van der Waals surface area (Å²) in [5.41, 5.74) is 3.81. The highest BCUT2D eigenvalue weighted by molar-refractivity contribution is 5.81. The van der Waals surface area contributed by atoms with E-state index in [0.29, 0.717) is 28.9 Å². The fourth-order valence-electron chi connectivity index (χ4n) is 3.51. The number of hydrogen-bond donors (Lipinski definition) is 0. The Morgan fingerprint density at radius 2 is 1.52 bits per heavy atom. The maximum absolute atomic E-state index is 11.3. The lowest BCUT2D eigenvalue weighted by atomic mass is 10.1. The summed E-state index contributed by atoms with van der Waals surface area (Å²) in [6, 6.07) is 27.0. The van der Waals surface area contributed by atoms with Crippen LogP contribution in [0.5, 0.6) is 5.75 Å². The highest BCUT2D eigenvalue weighted by Crippen LogP contribution is 2.38. The standard InChI is InChI=1S/C27H20N2O4/c1-18(30)16-31-22-14-8-13-21(15-22)25-24(28-17-32-25)27-29-23(19-9-4-2-5-10-19)26(33-27)20-11-6-3-7-12-20/h2-15,17H,16H2,1H3. The number of nitrogens with zero attached hydrogens (tertiary/aromatic N) is 2. The first-order valence-corrected chi connectivity index (χ1v) is 10.5. The minimum Gasteiger partial charge on any atom is -0.486 e. The quantitative estimate of drug-likeness (QED) is 0.298. The molecule has 0 unspecified atom stereocenters. The van der Waals surface area contributed by atoms with Crippen LogP contribution in [-0.2, 0) is 4.79 Å². The first-order valence-electron chi connectivity index (χ1n) is 10.5. The van der Waals surface area contributed by atoms with Crippen LogP contribution in [0.25, 0.3) is 45.5 Å². The molecule has 2 aromatic heterocycles. The smallest absolute Gasteiger partial charge is 0.250 e. The lowest BCUT2D eigenvalue weighted by molar-refractivity contribution is -0.118. The van der Waals surface area contributed by atoms with Crippen LogP contribution in [0.15, 0.2) is 100 Å². The van der Waals surface area contributed by atoms with Gasteiger partial charge in [-0.1, -0.05) is 72.8 Å². The summed E-state index contributed by atoms with van der Waals surface area (Å²) < 4.78 is 17.5. The van der Waals surface area contributed by atoms with Gasteiger partial charge in [-0.15, -0.1) is 0 Å². The molecule has 0 fully saturated rings. The summed E-state index contributed by atoms with van der Waals surface area (Å²) in [6.45, 7) is 1.49. The molecule has 33 heavy (non-hydrogen) atoms. The average molecular weight is 436 g/mol. The van der Waals surface area contributed by atoms with E-state index in [0.717, 1.165) is 22.4 Å². The van der Waals surface area contributed by atoms with Gasteiger partial charge in [0, 0.05) is 16.7 Å². The lowest BCUT2D eigenvalue weighted by Gasteiger charge is -2.05. The summed E-state index contributed by atoms with van der Waals surface area (Å²) >= 11 is 0. The van der Waals surface area contributed by atoms with Crippen LogP contribution >= 0.6 is 0 Å². The van der Waals surface area contributed by atoms with Crippen molar-refractivity contribution in [3.8, 4) is 51.2 Å². The van der Waals surface area contributed by atoms with Gasteiger partial charge in [0.2, 0.25) is 5.89 Å². The van der Waals surface area contributed by atoms with Crippen LogP contribution in [0.3, 0.4) is 0 Å². The molecule has 0 saturated carbocycles. The van der Waals surface area contributed by atoms with Gasteiger partial charge in [0.05, 0.1) is 0 Å². The average Bonchev–Trinajstić information content (AvgIpc) is 3.52. The summed E-state index contributed by atoms with van der Waals surface area (Å²) in [7, 11) is 0. The molecule has 0 saturated heterocycles. The van der Waals surface area contributed by atoms with Crippen molar-refractivity contribution < 1.29 is 18.4 Å². The van der Waals surface area contributed by atoms with Crippen molar-refractivity contribution in [2.24, 2.45) is 0 Å². The molecule has 0 bridgehead atoms. The van der Waals surface area contributed by atoms with Crippen LogP contribution in [-0.4, -0.2) is 22.4 Å². The Bertz CT molecular complexity index is 1330. The second-order valence-corrected chi connectivity index (χ2v) is 7.48. The zero-order valence-electron chi connectivity index (χ0n) is 17.9. The van der Waals surface area contributed by atoms with Crippen LogP contribution in [0.1, 0.15) is 6.92 Å². The zero-order chi connectivity index (χ0) is 22.6. The van der Waals surface area contributed by atoms with E-state index in [1.807, 2.05) is 72.8 Å². The molecule has 0 aliphatic heterocycles. The maximum atomic E-state index is 11.3. The molecular formula is C27H20N2O4. The molecule has 5 rings (SSSR count). The molecule has 0 spiro atoms. The van der Waals surface area contributed by atoms with Gasteiger partial charge >= 0.3 is 0 Å². The molecule has 0 amide bonds. The van der Waals surface area contributed by atoms with Gasteiger partial charge in [-0.3, -0.25) is 4.79 Å². The third-order valence-corrected chi connectivity index (χ3v) is 5.02. The van der Waals surface area contributed by atoms with Gasteiger partial charge < -0.3 is 13.6 Å². The first-order chi connectivity index (χ1) is 16.2. The molecule has 6 nitrogen and oxygen atoms in total. The first kappa shape index (κ1) is 20.5. The number of benzene rings is 3. The summed E-state index contributed by atoms with van der Waals surface area (Å²) in [5.74, 6) is 2.02. The van der Waals surface area contributed by atoms with E-state index >= 15 is 0 Å². The summed E-state index contributed by atoms with van der Waals surface area (Å²) in [4.78, 5) is 20.5. The van der Waals surface area contributed by atoms with Crippen molar-refractivity contribution in [1.29, 1.82) is 0 Å². The molecule has 0 N–H and O–H groups in total. The third-order valence-electron chi connectivity index (χ3n) is 5.02. The largest absolute Gasteiger partial charge is 0.486 e. The van der Waals surface area contributed by atoms with Crippen LogP contribution in [0.4, 0.5) is 0 Å². The molecule has 0 aliphatic carbocycles. The second-order valence-electron chi connectivity index (χ2n) is 7.48. The van der Waals surface area contributed by atoms with E-state index in [9.17, 15) is 4.79 Å². The van der Waals surface area contributed by atoms with Crippen molar-refractivity contribution in [1.82, 2.24) is 9.97 Å². The van der Waals surface area contributed by atoms with E-state index in [-0.39, 0.29) is 12.4 Å². The Labute approximate surface area is 190 Å². The molecular weight excluding hydrogens is 416 g/mol. The topological polar surface area (TPSA) is 78.4 Å². The van der Waals surface area contributed by atoms with Gasteiger partial charge in [0.25, 0.3) is 0 Å². The van der Waals surface area contributed by atoms with Crippen molar-refractivity contribution in [2.45, 2.75) is 6.92 Å². The maximum Gasteiger partial charge on any atom is 0.250 e. The van der Waals surface area contributed by atoms with Gasteiger partial charge in [0.15, 0.2) is 29.4 Å². The fraction of sp³-hybridized carbons (Fsp3) is 0.0741. The second kappa shape index (κ2) is 8.96. The minimum atomic E-state index is -0.0533. The van der Waals surface area contributed by atoms with Crippen molar-refractivity contribution in [3.05, 3.63) is 91.3 Å². The Morgan fingerprint density at radius 1 is 0.818 bits per heavy atom. The van der Waals surface area contributed by atoms with Crippen LogP contribution in [0, 0.1) is 0 Å². The monoisotopic (exact) mass is 436 g/mol. The van der Waals surface area contributed by atoms with Gasteiger partial charge in [-0.2, -0.15) is 0 Å². The zero-order valence-corrected chi connectivity index (χ0v) is 17.9. The molecule has 0 aliphatic rings. The summed E-state index contributed by atoms with van der Waals surface area (Å²) in [5, 5.41) is 0. The molecule has 0 radical (unpaired) electrons. The number of oxazole rings is 2.